The summed E-state index contributed by atoms with van der Waals surface area (Å²) in [6, 6.07) is 7.55. The monoisotopic (exact) mass is 729 g/mol. The third kappa shape index (κ3) is 8.08. The number of ether oxygens (including phenoxy) is 1. The molecule has 0 aliphatic carbocycles. The third-order valence-electron chi connectivity index (χ3n) is 7.88. The topological polar surface area (TPSA) is 154 Å². The predicted octanol–water partition coefficient (Wildman–Crippen LogP) is 6.49. The maximum absolute atomic E-state index is 14.5. The van der Waals surface area contributed by atoms with E-state index in [1.54, 1.807) is 60.0 Å². The van der Waals surface area contributed by atoms with E-state index in [-0.39, 0.29) is 47.4 Å². The van der Waals surface area contributed by atoms with Crippen LogP contribution in [0.5, 0.6) is 0 Å². The van der Waals surface area contributed by atoms with Crippen molar-refractivity contribution in [2.45, 2.75) is 77.2 Å². The van der Waals surface area contributed by atoms with E-state index in [0.717, 1.165) is 26.6 Å². The van der Waals surface area contributed by atoms with Gasteiger partial charge in [0.25, 0.3) is 10.0 Å². The molecule has 1 aromatic carbocycles. The lowest BCUT2D eigenvalue weighted by Gasteiger charge is -2.26. The number of carboxylic acids is 1. The highest BCUT2D eigenvalue weighted by Crippen LogP contribution is 2.41. The second-order valence-corrected chi connectivity index (χ2v) is 14.9. The molecule has 0 atom stereocenters. The largest absolute Gasteiger partial charge is 0.481 e. The Hall–Kier alpha value is -5.19. The number of aliphatic carboxylic acids is 1. The summed E-state index contributed by atoms with van der Waals surface area (Å²) in [6.45, 7) is 9.03. The molecule has 17 heteroatoms. The molecule has 0 saturated heterocycles. The Morgan fingerprint density at radius 3 is 2.29 bits per heavy atom. The molecule has 0 unspecified atom stereocenters. The van der Waals surface area contributed by atoms with Gasteiger partial charge in [-0.15, -0.1) is 0 Å². The number of alkyl halides is 3. The number of nitrogens with zero attached hydrogens (tertiary/aromatic N) is 7. The smallest absolute Gasteiger partial charge is 0.435 e. The van der Waals surface area contributed by atoms with Crippen molar-refractivity contribution in [3.05, 3.63) is 72.1 Å². The van der Waals surface area contributed by atoms with Crippen LogP contribution in [0.4, 0.5) is 18.0 Å². The molecule has 4 heterocycles. The molecule has 51 heavy (non-hydrogen) atoms. The van der Waals surface area contributed by atoms with Gasteiger partial charge in [-0.25, -0.2) is 22.2 Å². The van der Waals surface area contributed by atoms with Gasteiger partial charge in [0, 0.05) is 79.0 Å². The van der Waals surface area contributed by atoms with Gasteiger partial charge in [0.05, 0.1) is 17.1 Å². The Morgan fingerprint density at radius 1 is 1.00 bits per heavy atom. The van der Waals surface area contributed by atoms with E-state index in [1.807, 2.05) is 0 Å². The van der Waals surface area contributed by atoms with Crippen LogP contribution in [0.15, 0.2) is 60.0 Å². The maximum Gasteiger partial charge on any atom is 0.435 e. The Bertz CT molecular complexity index is 2200. The van der Waals surface area contributed by atoms with E-state index in [0.29, 0.717) is 23.4 Å². The Kier molecular flexibility index (Phi) is 10.1. The number of hydrogen-bond donors (Lipinski definition) is 1. The van der Waals surface area contributed by atoms with E-state index in [4.69, 9.17) is 9.84 Å². The summed E-state index contributed by atoms with van der Waals surface area (Å²) in [6.07, 6.45) is -0.472. The molecule has 272 valence electrons. The molecule has 0 aliphatic rings. The van der Waals surface area contributed by atoms with Crippen molar-refractivity contribution >= 4 is 33.1 Å². The number of rotatable bonds is 11. The summed E-state index contributed by atoms with van der Waals surface area (Å²) in [5, 5.41) is 17.4. The minimum atomic E-state index is -4.94. The van der Waals surface area contributed by atoms with Gasteiger partial charge in [0.1, 0.15) is 5.60 Å². The first-order valence-corrected chi connectivity index (χ1v) is 17.4. The minimum Gasteiger partial charge on any atom is -0.481 e. The van der Waals surface area contributed by atoms with Crippen molar-refractivity contribution in [1.29, 1.82) is 0 Å². The molecule has 1 N–H and O–H groups in total. The SMILES string of the molecule is CCN(Cc1nn(C)cc1-c1cnc2c(c1)c(-c1cn(CCCC(=O)O)nc1C(F)(F)F)cn2S(=O)(=O)c1ccc(C)cc1)C(=O)OC(C)(C)C. The lowest BCUT2D eigenvalue weighted by atomic mass is 10.0. The number of aryl methyl sites for hydroxylation is 3. The molecular weight excluding hydrogens is 691 g/mol. The molecule has 0 fully saturated rings. The second-order valence-electron chi connectivity index (χ2n) is 13.1. The number of hydrogen-bond acceptors (Lipinski definition) is 8. The van der Waals surface area contributed by atoms with Gasteiger partial charge >= 0.3 is 18.2 Å². The average molecular weight is 730 g/mol. The minimum absolute atomic E-state index is 0.0187. The van der Waals surface area contributed by atoms with Gasteiger partial charge in [0.2, 0.25) is 0 Å². The van der Waals surface area contributed by atoms with E-state index < -0.39 is 45.1 Å². The van der Waals surface area contributed by atoms with Crippen LogP contribution in [0.3, 0.4) is 0 Å². The van der Waals surface area contributed by atoms with Gasteiger partial charge in [0.15, 0.2) is 11.3 Å². The van der Waals surface area contributed by atoms with Crippen LogP contribution in [-0.2, 0) is 45.9 Å². The number of amides is 1. The zero-order chi connectivity index (χ0) is 37.5. The molecule has 1 amide bonds. The number of benzene rings is 1. The zero-order valence-corrected chi connectivity index (χ0v) is 29.7. The lowest BCUT2D eigenvalue weighted by Crippen LogP contribution is -2.36. The van der Waals surface area contributed by atoms with Crippen LogP contribution in [0.1, 0.15) is 57.5 Å². The summed E-state index contributed by atoms with van der Waals surface area (Å²) in [5.74, 6) is -1.11. The van der Waals surface area contributed by atoms with Crippen LogP contribution >= 0.6 is 0 Å². The van der Waals surface area contributed by atoms with Gasteiger partial charge in [-0.1, -0.05) is 17.7 Å². The number of carbonyl (C=O) groups excluding carboxylic acids is 1. The van der Waals surface area contributed by atoms with Crippen LogP contribution in [0.2, 0.25) is 0 Å². The number of carbonyl (C=O) groups is 2. The fourth-order valence-corrected chi connectivity index (χ4v) is 6.81. The molecule has 5 rings (SSSR count). The maximum atomic E-state index is 14.5. The standard InChI is InChI=1S/C34H38F3N7O6S/c1-7-42(32(47)50-33(3,4)5)20-28-25(17-41(6)39-28)22-15-24-26(27-18-43(14-8-9-29(45)46)40-30(27)34(35,36)37)19-44(31(24)38-16-22)51(48,49)23-12-10-21(2)11-13-23/h10-13,15-19H,7-9,14,20H2,1-6H3,(H,45,46). The summed E-state index contributed by atoms with van der Waals surface area (Å²) in [7, 11) is -2.68. The summed E-state index contributed by atoms with van der Waals surface area (Å²) < 4.78 is 80.4. The normalized spacial score (nSPS) is 12.4. The van der Waals surface area contributed by atoms with Crippen molar-refractivity contribution in [3.8, 4) is 22.3 Å². The molecule has 0 radical (unpaired) electrons. The molecule has 0 saturated carbocycles. The number of pyridine rings is 1. The quantitative estimate of drug-likeness (QED) is 0.161. The van der Waals surface area contributed by atoms with Crippen LogP contribution < -0.4 is 0 Å². The molecule has 0 aliphatic heterocycles. The first-order chi connectivity index (χ1) is 23.8. The average Bonchev–Trinajstić information content (AvgIpc) is 3.73. The van der Waals surface area contributed by atoms with Crippen molar-refractivity contribution in [2.24, 2.45) is 7.05 Å². The Labute approximate surface area is 292 Å². The molecule has 13 nitrogen and oxygen atoms in total. The van der Waals surface area contributed by atoms with Crippen LogP contribution in [-0.4, -0.2) is 71.1 Å². The van der Waals surface area contributed by atoms with Gasteiger partial charge in [-0.05, 0) is 59.2 Å². The number of halogens is 3. The fraction of sp³-hybridized carbons (Fsp3) is 0.382. The van der Waals surface area contributed by atoms with E-state index in [2.05, 4.69) is 15.2 Å². The molecular formula is C34H38F3N7O6S. The van der Waals surface area contributed by atoms with Gasteiger partial charge < -0.3 is 14.7 Å². The first kappa shape index (κ1) is 37.1. The Balaban J connectivity index is 1.70. The lowest BCUT2D eigenvalue weighted by molar-refractivity contribution is -0.141. The summed E-state index contributed by atoms with van der Waals surface area (Å²) in [4.78, 5) is 29.8. The highest BCUT2D eigenvalue weighted by Gasteiger charge is 2.39. The highest BCUT2D eigenvalue weighted by molar-refractivity contribution is 7.90. The number of carboxylic acid groups (broad SMARTS) is 1. The summed E-state index contributed by atoms with van der Waals surface area (Å²) >= 11 is 0. The number of aromatic nitrogens is 6. The third-order valence-corrected chi connectivity index (χ3v) is 9.54. The van der Waals surface area contributed by atoms with Gasteiger partial charge in [-0.2, -0.15) is 23.4 Å². The summed E-state index contributed by atoms with van der Waals surface area (Å²) in [5.41, 5.74) is -0.497. The van der Waals surface area contributed by atoms with Crippen LogP contribution in [0, 0.1) is 6.92 Å². The zero-order valence-electron chi connectivity index (χ0n) is 28.9. The molecule has 0 spiro atoms. The van der Waals surface area contributed by atoms with Crippen molar-refractivity contribution in [2.75, 3.05) is 6.54 Å². The van der Waals surface area contributed by atoms with E-state index >= 15 is 0 Å². The second kappa shape index (κ2) is 13.8. The molecule has 4 aromatic heterocycles. The predicted molar refractivity (Wildman–Crippen MR) is 181 cm³/mol. The van der Waals surface area contributed by atoms with E-state index in [9.17, 15) is 31.2 Å². The Morgan fingerprint density at radius 2 is 1.69 bits per heavy atom. The van der Waals surface area contributed by atoms with Crippen molar-refractivity contribution in [1.82, 2.24) is 33.4 Å². The van der Waals surface area contributed by atoms with E-state index in [1.165, 1.54) is 34.0 Å². The fourth-order valence-electron chi connectivity index (χ4n) is 5.49. The molecule has 5 aromatic rings. The van der Waals surface area contributed by atoms with Gasteiger partial charge in [-0.3, -0.25) is 14.2 Å². The highest BCUT2D eigenvalue weighted by atomic mass is 32.2. The first-order valence-electron chi connectivity index (χ1n) is 16.0. The number of fused-ring (bicyclic) bond motifs is 1. The van der Waals surface area contributed by atoms with Crippen LogP contribution in [0.25, 0.3) is 33.3 Å². The van der Waals surface area contributed by atoms with Crippen molar-refractivity contribution < 1.29 is 41.0 Å². The van der Waals surface area contributed by atoms with Crippen molar-refractivity contribution in [3.63, 3.8) is 0 Å². The molecule has 0 bridgehead atoms.